The van der Waals surface area contributed by atoms with Gasteiger partial charge in [-0.2, -0.15) is 0 Å². The van der Waals surface area contributed by atoms with E-state index >= 15 is 0 Å². The number of aromatic hydroxyl groups is 1. The lowest BCUT2D eigenvalue weighted by Crippen LogP contribution is -3.00. The van der Waals surface area contributed by atoms with Gasteiger partial charge in [0, 0.05) is 17.9 Å². The van der Waals surface area contributed by atoms with Gasteiger partial charge in [-0.1, -0.05) is 12.1 Å². The maximum Gasteiger partial charge on any atom is 0.176 e. The number of aromatic nitrogens is 1. The van der Waals surface area contributed by atoms with Crippen molar-refractivity contribution in [1.82, 2.24) is 0 Å². The topological polar surface area (TPSA) is 42.6 Å². The Morgan fingerprint density at radius 2 is 1.71 bits per heavy atom. The van der Waals surface area contributed by atoms with Crippen LogP contribution < -0.4 is 26.4 Å². The predicted octanol–water partition coefficient (Wildman–Crippen LogP) is 0.0968. The lowest BCUT2D eigenvalue weighted by molar-refractivity contribution is -0.695. The summed E-state index contributed by atoms with van der Waals surface area (Å²) in [7, 11) is 3.23. The Balaban J connectivity index is 0.00000208. The molecule has 0 atom stereocenters. The van der Waals surface area contributed by atoms with Crippen LogP contribution in [-0.4, -0.2) is 19.3 Å². The van der Waals surface area contributed by atoms with E-state index < -0.39 is 0 Å². The van der Waals surface area contributed by atoms with Crippen LogP contribution in [0.15, 0.2) is 54.9 Å². The molecule has 24 heavy (non-hydrogen) atoms. The first-order chi connectivity index (χ1) is 11.2. The first-order valence-corrected chi connectivity index (χ1v) is 7.52. The van der Waals surface area contributed by atoms with Gasteiger partial charge in [0.05, 0.1) is 14.2 Å². The number of aryl methyl sites for hydroxylation is 2. The smallest absolute Gasteiger partial charge is 0.176 e. The van der Waals surface area contributed by atoms with Crippen molar-refractivity contribution in [3.8, 4) is 17.2 Å². The Kier molecular flexibility index (Phi) is 5.88. The summed E-state index contributed by atoms with van der Waals surface area (Å²) in [6.07, 6.45) is 5.04. The second kappa shape index (κ2) is 7.88. The zero-order valence-corrected chi connectivity index (χ0v) is 14.5. The molecule has 3 rings (SSSR count). The molecule has 3 aromatic rings. The minimum atomic E-state index is 0. The van der Waals surface area contributed by atoms with E-state index in [2.05, 4.69) is 22.9 Å². The van der Waals surface area contributed by atoms with E-state index in [0.29, 0.717) is 5.75 Å². The molecule has 1 N–H and O–H groups in total. The van der Waals surface area contributed by atoms with Crippen molar-refractivity contribution >= 4 is 10.8 Å². The quantitative estimate of drug-likeness (QED) is 0.667. The molecule has 1 heterocycles. The highest BCUT2D eigenvalue weighted by molar-refractivity contribution is 5.84. The molecule has 0 unspecified atom stereocenters. The number of hydrogen-bond donors (Lipinski definition) is 1. The molecule has 0 radical (unpaired) electrons. The van der Waals surface area contributed by atoms with E-state index in [-0.39, 0.29) is 18.2 Å². The number of fused-ring (bicyclic) bond motifs is 1. The third-order valence-electron chi connectivity index (χ3n) is 3.95. The number of rotatable bonds is 5. The fourth-order valence-electron chi connectivity index (χ4n) is 2.61. The number of methoxy groups -OCH3 is 2. The molecule has 4 nitrogen and oxygen atoms in total. The molecular formula is C19H20ClNO3. The highest BCUT2D eigenvalue weighted by Crippen LogP contribution is 2.30. The van der Waals surface area contributed by atoms with E-state index in [4.69, 9.17) is 9.47 Å². The first kappa shape index (κ1) is 17.9. The lowest BCUT2D eigenvalue weighted by Gasteiger charge is -2.05. The minimum Gasteiger partial charge on any atom is -1.00 e. The van der Waals surface area contributed by atoms with Crippen LogP contribution in [0, 0.1) is 0 Å². The van der Waals surface area contributed by atoms with Gasteiger partial charge in [0.1, 0.15) is 5.75 Å². The summed E-state index contributed by atoms with van der Waals surface area (Å²) in [5.74, 6) is 1.53. The molecule has 0 aliphatic rings. The van der Waals surface area contributed by atoms with Gasteiger partial charge in [0.15, 0.2) is 30.4 Å². The van der Waals surface area contributed by atoms with Crippen LogP contribution >= 0.6 is 0 Å². The van der Waals surface area contributed by atoms with Gasteiger partial charge in [-0.05, 0) is 35.2 Å². The van der Waals surface area contributed by atoms with Gasteiger partial charge in [-0.25, -0.2) is 4.57 Å². The largest absolute Gasteiger partial charge is 1.00 e. The van der Waals surface area contributed by atoms with Crippen molar-refractivity contribution in [2.24, 2.45) is 0 Å². The fraction of sp³-hybridized carbons (Fsp3) is 0.211. The maximum atomic E-state index is 9.83. The van der Waals surface area contributed by atoms with Gasteiger partial charge in [0.25, 0.3) is 0 Å². The Morgan fingerprint density at radius 1 is 0.958 bits per heavy atom. The molecule has 0 saturated carbocycles. The maximum absolute atomic E-state index is 9.83. The third kappa shape index (κ3) is 3.89. The van der Waals surface area contributed by atoms with Crippen molar-refractivity contribution in [3.05, 3.63) is 60.4 Å². The minimum absolute atomic E-state index is 0. The average molecular weight is 346 g/mol. The van der Waals surface area contributed by atoms with E-state index in [1.165, 1.54) is 5.56 Å². The molecule has 0 aliphatic carbocycles. The van der Waals surface area contributed by atoms with E-state index in [0.717, 1.165) is 29.5 Å². The number of hydrogen-bond acceptors (Lipinski definition) is 3. The SMILES string of the molecule is COc1ccc(CC[n+]2ccc3cc(O)c(OC)cc3c2)cc1.[Cl-]. The molecule has 5 heteroatoms. The number of phenols is 1. The number of benzene rings is 2. The summed E-state index contributed by atoms with van der Waals surface area (Å²) in [6.45, 7) is 0.880. The zero-order valence-electron chi connectivity index (χ0n) is 13.7. The van der Waals surface area contributed by atoms with Crippen molar-refractivity contribution in [2.75, 3.05) is 14.2 Å². The van der Waals surface area contributed by atoms with Crippen molar-refractivity contribution in [1.29, 1.82) is 0 Å². The van der Waals surface area contributed by atoms with E-state index in [1.54, 1.807) is 20.3 Å². The average Bonchev–Trinajstić information content (AvgIpc) is 2.59. The zero-order chi connectivity index (χ0) is 16.2. The second-order valence-electron chi connectivity index (χ2n) is 5.43. The van der Waals surface area contributed by atoms with Gasteiger partial charge in [0.2, 0.25) is 0 Å². The van der Waals surface area contributed by atoms with Gasteiger partial charge >= 0.3 is 0 Å². The summed E-state index contributed by atoms with van der Waals surface area (Å²) in [4.78, 5) is 0. The molecule has 0 amide bonds. The summed E-state index contributed by atoms with van der Waals surface area (Å²) in [6, 6.07) is 13.7. The molecule has 0 aliphatic heterocycles. The molecule has 0 saturated heterocycles. The van der Waals surface area contributed by atoms with Crippen LogP contribution in [0.5, 0.6) is 17.2 Å². The molecule has 1 aromatic heterocycles. The van der Waals surface area contributed by atoms with Crippen LogP contribution in [0.25, 0.3) is 10.8 Å². The van der Waals surface area contributed by atoms with Crippen molar-refractivity contribution in [3.63, 3.8) is 0 Å². The van der Waals surface area contributed by atoms with Crippen molar-refractivity contribution in [2.45, 2.75) is 13.0 Å². The number of phenolic OH excluding ortho intramolecular Hbond substituents is 1. The number of pyridine rings is 1. The Hall–Kier alpha value is -2.46. The molecule has 2 aromatic carbocycles. The molecule has 0 fully saturated rings. The van der Waals surface area contributed by atoms with E-state index in [1.807, 2.05) is 30.5 Å². The van der Waals surface area contributed by atoms with Crippen molar-refractivity contribution < 1.29 is 31.6 Å². The highest BCUT2D eigenvalue weighted by atomic mass is 35.5. The fourth-order valence-corrected chi connectivity index (χ4v) is 2.61. The Labute approximate surface area is 147 Å². The lowest BCUT2D eigenvalue weighted by atomic mass is 10.1. The second-order valence-corrected chi connectivity index (χ2v) is 5.43. The number of nitrogens with zero attached hydrogens (tertiary/aromatic N) is 1. The Morgan fingerprint density at radius 3 is 2.38 bits per heavy atom. The summed E-state index contributed by atoms with van der Waals surface area (Å²) < 4.78 is 12.5. The van der Waals surface area contributed by atoms with Gasteiger partial charge in [-0.3, -0.25) is 0 Å². The summed E-state index contributed by atoms with van der Waals surface area (Å²) in [5.41, 5.74) is 1.27. The molecular weight excluding hydrogens is 326 g/mol. The molecule has 0 spiro atoms. The van der Waals surface area contributed by atoms with Crippen LogP contribution in [0.3, 0.4) is 0 Å². The summed E-state index contributed by atoms with van der Waals surface area (Å²) in [5, 5.41) is 11.9. The standard InChI is InChI=1S/C19H19NO3.ClH/c1-22-17-5-3-14(4-6-17)7-9-20-10-8-15-11-18(21)19(23-2)12-16(15)13-20;/h3-6,8,10-13H,7,9H2,1-2H3;1H. The number of halogens is 1. The predicted molar refractivity (Wildman–Crippen MR) is 89.1 cm³/mol. The Bertz CT molecular complexity index is 819. The summed E-state index contributed by atoms with van der Waals surface area (Å²) >= 11 is 0. The molecule has 126 valence electrons. The van der Waals surface area contributed by atoms with E-state index in [9.17, 15) is 5.11 Å². The third-order valence-corrected chi connectivity index (χ3v) is 3.95. The highest BCUT2D eigenvalue weighted by Gasteiger charge is 2.08. The normalized spacial score (nSPS) is 10.2. The van der Waals surface area contributed by atoms with Gasteiger partial charge < -0.3 is 27.0 Å². The first-order valence-electron chi connectivity index (χ1n) is 7.52. The van der Waals surface area contributed by atoms with Crippen LogP contribution in [-0.2, 0) is 13.0 Å². The van der Waals surface area contributed by atoms with Crippen LogP contribution in [0.4, 0.5) is 0 Å². The van der Waals surface area contributed by atoms with Crippen LogP contribution in [0.1, 0.15) is 5.56 Å². The monoisotopic (exact) mass is 345 g/mol. The number of ether oxygens (including phenoxy) is 2. The van der Waals surface area contributed by atoms with Gasteiger partial charge in [-0.15, -0.1) is 0 Å². The van der Waals surface area contributed by atoms with Crippen LogP contribution in [0.2, 0.25) is 0 Å². The molecule has 0 bridgehead atoms.